The van der Waals surface area contributed by atoms with E-state index in [1.807, 2.05) is 18.7 Å². The second-order valence-corrected chi connectivity index (χ2v) is 9.09. The van der Waals surface area contributed by atoms with Gasteiger partial charge in [0.25, 0.3) is 0 Å². The molecule has 1 saturated heterocycles. The molecule has 0 spiro atoms. The van der Waals surface area contributed by atoms with Crippen LogP contribution in [0.2, 0.25) is 0 Å². The third-order valence-corrected chi connectivity index (χ3v) is 4.73. The monoisotopic (exact) mass is 530 g/mol. The number of halogens is 1. The number of guanidine groups is 1. The summed E-state index contributed by atoms with van der Waals surface area (Å²) in [5.41, 5.74) is 1.97. The number of carbonyl (C=O) groups excluding carboxylic acids is 1. The van der Waals surface area contributed by atoms with Crippen molar-refractivity contribution in [3.63, 3.8) is 0 Å². The topological polar surface area (TPSA) is 66.0 Å². The average Bonchev–Trinajstić information content (AvgIpc) is 3.07. The molecule has 2 N–H and O–H groups in total. The largest absolute Gasteiger partial charge is 0.488 e. The van der Waals surface area contributed by atoms with E-state index in [9.17, 15) is 4.79 Å². The Morgan fingerprint density at radius 1 is 1.33 bits per heavy atom. The number of hydrogen-bond donors (Lipinski definition) is 2. The maximum absolute atomic E-state index is 12.2. The van der Waals surface area contributed by atoms with Crippen molar-refractivity contribution in [2.75, 3.05) is 19.6 Å². The van der Waals surface area contributed by atoms with Crippen LogP contribution >= 0.6 is 24.0 Å². The number of aliphatic imine (C=N–C) groups is 1. The van der Waals surface area contributed by atoms with Gasteiger partial charge >= 0.3 is 0 Å². The number of likely N-dealkylation sites (tertiary alicyclic amines) is 1. The highest BCUT2D eigenvalue weighted by Gasteiger charge is 2.28. The normalized spacial score (nSPS) is 17.0. The highest BCUT2D eigenvalue weighted by atomic mass is 127. The lowest BCUT2D eigenvalue weighted by Crippen LogP contribution is -2.45. The van der Waals surface area contributed by atoms with Gasteiger partial charge in [-0.25, -0.2) is 4.99 Å². The van der Waals surface area contributed by atoms with Crippen molar-refractivity contribution < 1.29 is 9.53 Å². The van der Waals surface area contributed by atoms with Gasteiger partial charge in [0.05, 0.1) is 6.54 Å². The van der Waals surface area contributed by atoms with Crippen molar-refractivity contribution in [1.82, 2.24) is 15.5 Å². The van der Waals surface area contributed by atoms with E-state index < -0.39 is 0 Å². The van der Waals surface area contributed by atoms with Gasteiger partial charge < -0.3 is 20.3 Å². The van der Waals surface area contributed by atoms with E-state index in [2.05, 4.69) is 63.5 Å². The highest BCUT2D eigenvalue weighted by molar-refractivity contribution is 14.0. The van der Waals surface area contributed by atoms with Crippen LogP contribution in [0.25, 0.3) is 0 Å². The van der Waals surface area contributed by atoms with Gasteiger partial charge in [0.15, 0.2) is 5.96 Å². The van der Waals surface area contributed by atoms with Crippen molar-refractivity contribution in [3.05, 3.63) is 29.3 Å². The Balaban J connectivity index is 0.00000450. The van der Waals surface area contributed by atoms with Crippen molar-refractivity contribution in [1.29, 1.82) is 0 Å². The fourth-order valence-corrected chi connectivity index (χ4v) is 3.34. The molecule has 7 heteroatoms. The van der Waals surface area contributed by atoms with E-state index in [4.69, 9.17) is 9.73 Å². The van der Waals surface area contributed by atoms with Gasteiger partial charge in [0.2, 0.25) is 5.91 Å². The maximum Gasteiger partial charge on any atom is 0.225 e. The van der Waals surface area contributed by atoms with Gasteiger partial charge in [-0.3, -0.25) is 4.79 Å². The number of rotatable bonds is 6. The predicted octanol–water partition coefficient (Wildman–Crippen LogP) is 4.10. The summed E-state index contributed by atoms with van der Waals surface area (Å²) in [5, 5.41) is 6.81. The minimum Gasteiger partial charge on any atom is -0.488 e. The fraction of sp³-hybridized carbons (Fsp3) is 0.652. The van der Waals surface area contributed by atoms with Gasteiger partial charge in [0.1, 0.15) is 11.4 Å². The molecule has 1 aromatic rings. The summed E-state index contributed by atoms with van der Waals surface area (Å²) in [5.74, 6) is 1.92. The molecule has 0 saturated carbocycles. The van der Waals surface area contributed by atoms with Crippen molar-refractivity contribution in [3.8, 4) is 5.75 Å². The molecule has 6 nitrogen and oxygen atoms in total. The first-order valence-electron chi connectivity index (χ1n) is 10.7. The fourth-order valence-electron chi connectivity index (χ4n) is 3.34. The lowest BCUT2D eigenvalue weighted by atomic mass is 10.1. The van der Waals surface area contributed by atoms with E-state index in [1.54, 1.807) is 0 Å². The summed E-state index contributed by atoms with van der Waals surface area (Å²) in [4.78, 5) is 19.0. The number of nitrogens with one attached hydrogen (secondary N) is 2. The second-order valence-electron chi connectivity index (χ2n) is 9.09. The first-order valence-corrected chi connectivity index (χ1v) is 10.7. The van der Waals surface area contributed by atoms with Crippen LogP contribution in [0.4, 0.5) is 0 Å². The third kappa shape index (κ3) is 8.32. The Morgan fingerprint density at radius 3 is 2.63 bits per heavy atom. The minimum atomic E-state index is -0.259. The van der Waals surface area contributed by atoms with Crippen LogP contribution in [0.15, 0.2) is 23.2 Å². The molecule has 1 aromatic carbocycles. The van der Waals surface area contributed by atoms with Crippen LogP contribution in [0, 0.1) is 12.8 Å². The summed E-state index contributed by atoms with van der Waals surface area (Å²) in [6.07, 6.45) is 0.936. The summed E-state index contributed by atoms with van der Waals surface area (Å²) in [7, 11) is 0. The van der Waals surface area contributed by atoms with Gasteiger partial charge in [-0.05, 0) is 52.7 Å². The zero-order valence-corrected chi connectivity index (χ0v) is 21.9. The Hall–Kier alpha value is -1.51. The molecule has 30 heavy (non-hydrogen) atoms. The van der Waals surface area contributed by atoms with Gasteiger partial charge in [-0.1, -0.05) is 26.0 Å². The Bertz CT molecular complexity index is 728. The van der Waals surface area contributed by atoms with Crippen LogP contribution in [0.3, 0.4) is 0 Å². The standard InChI is InChI=1S/C23H38N4O2.HI/c1-8-24-22(26-19-11-12-27(15-19)21(28)16(2)3)25-14-18-10-9-17(4)13-20(18)29-23(5,6)7;/h9-10,13,16,19H,8,11-12,14-15H2,1-7H3,(H2,24,25,26);1H. The number of ether oxygens (including phenoxy) is 1. The van der Waals surface area contributed by atoms with Gasteiger partial charge in [0, 0.05) is 37.2 Å². The Kier molecular flexibility index (Phi) is 10.4. The number of carbonyl (C=O) groups is 1. The summed E-state index contributed by atoms with van der Waals surface area (Å²) < 4.78 is 6.15. The van der Waals surface area contributed by atoms with E-state index in [0.29, 0.717) is 6.54 Å². The lowest BCUT2D eigenvalue weighted by molar-refractivity contribution is -0.133. The summed E-state index contributed by atoms with van der Waals surface area (Å²) in [6, 6.07) is 6.47. The molecule has 0 aliphatic carbocycles. The van der Waals surface area contributed by atoms with Crippen LogP contribution < -0.4 is 15.4 Å². The maximum atomic E-state index is 12.2. The number of hydrogen-bond acceptors (Lipinski definition) is 3. The second kappa shape index (κ2) is 11.8. The number of benzene rings is 1. The minimum absolute atomic E-state index is 0. The number of amides is 1. The molecule has 0 bridgehead atoms. The van der Waals surface area contributed by atoms with E-state index >= 15 is 0 Å². The summed E-state index contributed by atoms with van der Waals surface area (Å²) >= 11 is 0. The van der Waals surface area contributed by atoms with Crippen LogP contribution in [0.1, 0.15) is 59.1 Å². The first kappa shape index (κ1) is 26.5. The zero-order valence-electron chi connectivity index (χ0n) is 19.5. The molecule has 0 radical (unpaired) electrons. The molecule has 1 atom stereocenters. The summed E-state index contributed by atoms with van der Waals surface area (Å²) in [6.45, 7) is 17.0. The van der Waals surface area contributed by atoms with Gasteiger partial charge in [-0.2, -0.15) is 0 Å². The predicted molar refractivity (Wildman–Crippen MR) is 135 cm³/mol. The average molecular weight is 530 g/mol. The van der Waals surface area contributed by atoms with E-state index in [0.717, 1.165) is 43.3 Å². The molecule has 2 rings (SSSR count). The highest BCUT2D eigenvalue weighted by Crippen LogP contribution is 2.25. The van der Waals surface area contributed by atoms with Crippen molar-refractivity contribution in [2.24, 2.45) is 10.9 Å². The van der Waals surface area contributed by atoms with Crippen LogP contribution in [-0.4, -0.2) is 48.0 Å². The Labute approximate surface area is 199 Å². The smallest absolute Gasteiger partial charge is 0.225 e. The first-order chi connectivity index (χ1) is 13.6. The number of nitrogens with zero attached hydrogens (tertiary/aromatic N) is 2. The SMILES string of the molecule is CCNC(=NCc1ccc(C)cc1OC(C)(C)C)NC1CCN(C(=O)C(C)C)C1.I. The molecule has 1 aliphatic rings. The molecule has 170 valence electrons. The van der Waals surface area contributed by atoms with Gasteiger partial charge in [-0.15, -0.1) is 24.0 Å². The molecule has 1 unspecified atom stereocenters. The lowest BCUT2D eigenvalue weighted by Gasteiger charge is -2.23. The molecule has 1 fully saturated rings. The number of aryl methyl sites for hydroxylation is 1. The van der Waals surface area contributed by atoms with Crippen LogP contribution in [0.5, 0.6) is 5.75 Å². The zero-order chi connectivity index (χ0) is 21.6. The molecule has 1 aliphatic heterocycles. The molecule has 1 amide bonds. The van der Waals surface area contributed by atoms with Crippen molar-refractivity contribution >= 4 is 35.8 Å². The van der Waals surface area contributed by atoms with E-state index in [-0.39, 0.29) is 47.4 Å². The molecule has 0 aromatic heterocycles. The Morgan fingerprint density at radius 2 is 2.03 bits per heavy atom. The van der Waals surface area contributed by atoms with Crippen LogP contribution in [-0.2, 0) is 11.3 Å². The quantitative estimate of drug-likeness (QED) is 0.330. The van der Waals surface area contributed by atoms with Crippen molar-refractivity contribution in [2.45, 2.75) is 73.1 Å². The third-order valence-electron chi connectivity index (χ3n) is 4.73. The molecule has 1 heterocycles. The molecular weight excluding hydrogens is 491 g/mol. The molecular formula is C23H39IN4O2. The van der Waals surface area contributed by atoms with E-state index in [1.165, 1.54) is 5.56 Å².